The maximum atomic E-state index is 10.9. The second-order valence-corrected chi connectivity index (χ2v) is 6.23. The lowest BCUT2D eigenvalue weighted by molar-refractivity contribution is 0.282. The minimum Gasteiger partial charge on any atom is -0.396 e. The Morgan fingerprint density at radius 3 is 1.82 bits per heavy atom. The van der Waals surface area contributed by atoms with Crippen molar-refractivity contribution in [1.82, 2.24) is 0 Å². The molecular weight excluding hydrogens is 240 g/mol. The molecule has 1 unspecified atom stereocenters. The van der Waals surface area contributed by atoms with Gasteiger partial charge in [0, 0.05) is 6.61 Å². The van der Waals surface area contributed by atoms with Gasteiger partial charge >= 0.3 is 0 Å². The average molecular weight is 266 g/mol. The number of rotatable bonds is 11. The molecule has 5 heteroatoms. The summed E-state index contributed by atoms with van der Waals surface area (Å²) in [5.74, 6) is 0. The van der Waals surface area contributed by atoms with Crippen LogP contribution < -0.4 is 0 Å². The van der Waals surface area contributed by atoms with E-state index in [1.807, 2.05) is 0 Å². The van der Waals surface area contributed by atoms with E-state index in [-0.39, 0.29) is 6.61 Å². The summed E-state index contributed by atoms with van der Waals surface area (Å²) in [6.45, 7) is 2.06. The number of aliphatic hydroxyl groups excluding tert-OH is 1. The van der Waals surface area contributed by atoms with Crippen molar-refractivity contribution >= 4 is 10.1 Å². The lowest BCUT2D eigenvalue weighted by Gasteiger charge is -2.10. The Balaban J connectivity index is 3.44. The van der Waals surface area contributed by atoms with E-state index in [0.717, 1.165) is 44.9 Å². The lowest BCUT2D eigenvalue weighted by atomic mass is 10.1. The highest BCUT2D eigenvalue weighted by molar-refractivity contribution is 7.86. The third-order valence-electron chi connectivity index (χ3n) is 3.06. The molecule has 0 fully saturated rings. The predicted octanol–water partition coefficient (Wildman–Crippen LogP) is 2.77. The minimum atomic E-state index is -3.85. The van der Waals surface area contributed by atoms with Crippen molar-refractivity contribution in [3.63, 3.8) is 0 Å². The monoisotopic (exact) mass is 266 g/mol. The zero-order valence-electron chi connectivity index (χ0n) is 10.8. The molecular formula is C12H26O4S. The van der Waals surface area contributed by atoms with Gasteiger partial charge in [-0.3, -0.25) is 4.55 Å². The molecule has 0 rings (SSSR count). The average Bonchev–Trinajstić information content (AvgIpc) is 2.25. The Labute approximate surface area is 105 Å². The first-order valence-electron chi connectivity index (χ1n) is 6.59. The van der Waals surface area contributed by atoms with Crippen LogP contribution in [0.15, 0.2) is 0 Å². The highest BCUT2D eigenvalue weighted by atomic mass is 32.2. The number of hydrogen-bond acceptors (Lipinski definition) is 3. The van der Waals surface area contributed by atoms with E-state index >= 15 is 0 Å². The first-order valence-corrected chi connectivity index (χ1v) is 8.09. The quantitative estimate of drug-likeness (QED) is 0.445. The highest BCUT2D eigenvalue weighted by Gasteiger charge is 2.19. The van der Waals surface area contributed by atoms with Gasteiger partial charge in [0.2, 0.25) is 0 Å². The second-order valence-electron chi connectivity index (χ2n) is 4.53. The molecule has 0 aliphatic carbocycles. The van der Waals surface area contributed by atoms with Crippen molar-refractivity contribution in [1.29, 1.82) is 0 Å². The van der Waals surface area contributed by atoms with Gasteiger partial charge in [-0.15, -0.1) is 0 Å². The van der Waals surface area contributed by atoms with Crippen LogP contribution >= 0.6 is 0 Å². The van der Waals surface area contributed by atoms with Crippen LogP contribution in [0.3, 0.4) is 0 Å². The van der Waals surface area contributed by atoms with E-state index < -0.39 is 15.4 Å². The van der Waals surface area contributed by atoms with Crippen molar-refractivity contribution < 1.29 is 18.1 Å². The van der Waals surface area contributed by atoms with Gasteiger partial charge in [-0.05, 0) is 19.3 Å². The molecule has 0 spiro atoms. The molecule has 17 heavy (non-hydrogen) atoms. The molecule has 0 aliphatic rings. The van der Waals surface area contributed by atoms with E-state index in [2.05, 4.69) is 0 Å². The molecule has 0 heterocycles. The summed E-state index contributed by atoms with van der Waals surface area (Å²) < 4.78 is 30.8. The fourth-order valence-electron chi connectivity index (χ4n) is 1.93. The Kier molecular flexibility index (Phi) is 9.78. The van der Waals surface area contributed by atoms with Crippen LogP contribution in [0.1, 0.15) is 64.7 Å². The Morgan fingerprint density at radius 1 is 0.941 bits per heavy atom. The third kappa shape index (κ3) is 9.56. The molecule has 104 valence electrons. The molecule has 0 aromatic rings. The minimum absolute atomic E-state index is 0.270. The Hall–Kier alpha value is -0.130. The van der Waals surface area contributed by atoms with Crippen molar-refractivity contribution in [2.24, 2.45) is 0 Å². The molecule has 0 saturated heterocycles. The fraction of sp³-hybridized carbons (Fsp3) is 1.00. The third-order valence-corrected chi connectivity index (χ3v) is 4.47. The van der Waals surface area contributed by atoms with Crippen LogP contribution in [-0.2, 0) is 10.1 Å². The second kappa shape index (κ2) is 9.85. The number of hydrogen-bond donors (Lipinski definition) is 2. The Morgan fingerprint density at radius 2 is 1.41 bits per heavy atom. The topological polar surface area (TPSA) is 74.6 Å². The first kappa shape index (κ1) is 16.9. The molecule has 0 aliphatic heterocycles. The molecule has 0 saturated carbocycles. The van der Waals surface area contributed by atoms with Crippen LogP contribution in [0.4, 0.5) is 0 Å². The largest absolute Gasteiger partial charge is 0.396 e. The van der Waals surface area contributed by atoms with Gasteiger partial charge in [0.05, 0.1) is 5.25 Å². The van der Waals surface area contributed by atoms with Crippen LogP contribution in [-0.4, -0.2) is 29.9 Å². The zero-order chi connectivity index (χ0) is 13.1. The van der Waals surface area contributed by atoms with Gasteiger partial charge < -0.3 is 5.11 Å². The van der Waals surface area contributed by atoms with Crippen molar-refractivity contribution in [3.05, 3.63) is 0 Å². The van der Waals surface area contributed by atoms with Crippen LogP contribution in [0.25, 0.3) is 0 Å². The van der Waals surface area contributed by atoms with E-state index in [0.29, 0.717) is 12.8 Å². The molecule has 0 amide bonds. The standard InChI is InChI=1S/C12H26O4S/c1-2-12(17(14,15)16)10-8-6-4-3-5-7-9-11-13/h12-13H,2-11H2,1H3,(H,14,15,16). The van der Waals surface area contributed by atoms with Gasteiger partial charge in [-0.1, -0.05) is 45.4 Å². The van der Waals surface area contributed by atoms with E-state index in [4.69, 9.17) is 9.66 Å². The molecule has 4 nitrogen and oxygen atoms in total. The van der Waals surface area contributed by atoms with Gasteiger partial charge in [0.25, 0.3) is 10.1 Å². The van der Waals surface area contributed by atoms with Gasteiger partial charge in [0.1, 0.15) is 0 Å². The molecule has 0 aromatic carbocycles. The SMILES string of the molecule is CCC(CCCCCCCCCO)S(=O)(=O)O. The molecule has 1 atom stereocenters. The van der Waals surface area contributed by atoms with Gasteiger partial charge in [-0.2, -0.15) is 8.42 Å². The maximum Gasteiger partial charge on any atom is 0.267 e. The number of unbranched alkanes of at least 4 members (excludes halogenated alkanes) is 6. The summed E-state index contributed by atoms with van der Waals surface area (Å²) in [7, 11) is -3.85. The summed E-state index contributed by atoms with van der Waals surface area (Å²) in [5.41, 5.74) is 0. The van der Waals surface area contributed by atoms with E-state index in [1.54, 1.807) is 6.92 Å². The van der Waals surface area contributed by atoms with E-state index in [9.17, 15) is 8.42 Å². The normalized spacial score (nSPS) is 13.8. The molecule has 2 N–H and O–H groups in total. The van der Waals surface area contributed by atoms with Crippen molar-refractivity contribution in [2.75, 3.05) is 6.61 Å². The zero-order valence-corrected chi connectivity index (χ0v) is 11.6. The smallest absolute Gasteiger partial charge is 0.267 e. The van der Waals surface area contributed by atoms with E-state index in [1.165, 1.54) is 0 Å². The first-order chi connectivity index (χ1) is 8.02. The molecule has 0 aromatic heterocycles. The Bertz CT molecular complexity index is 262. The van der Waals surface area contributed by atoms with Crippen molar-refractivity contribution in [3.8, 4) is 0 Å². The van der Waals surface area contributed by atoms with Gasteiger partial charge in [-0.25, -0.2) is 0 Å². The number of aliphatic hydroxyl groups is 1. The van der Waals surface area contributed by atoms with Gasteiger partial charge in [0.15, 0.2) is 0 Å². The van der Waals surface area contributed by atoms with Crippen LogP contribution in [0, 0.1) is 0 Å². The van der Waals surface area contributed by atoms with Crippen molar-refractivity contribution in [2.45, 2.75) is 70.0 Å². The van der Waals surface area contributed by atoms with Crippen LogP contribution in [0.2, 0.25) is 0 Å². The predicted molar refractivity (Wildman–Crippen MR) is 69.6 cm³/mol. The molecule has 0 radical (unpaired) electrons. The summed E-state index contributed by atoms with van der Waals surface area (Å²) in [5, 5.41) is 8.00. The van der Waals surface area contributed by atoms with Crippen LogP contribution in [0.5, 0.6) is 0 Å². The summed E-state index contributed by atoms with van der Waals surface area (Å²) in [6, 6.07) is 0. The molecule has 0 bridgehead atoms. The summed E-state index contributed by atoms with van der Waals surface area (Å²) >= 11 is 0. The maximum absolute atomic E-state index is 10.9. The fourth-order valence-corrected chi connectivity index (χ4v) is 2.82. The highest BCUT2D eigenvalue weighted by Crippen LogP contribution is 2.15. The summed E-state index contributed by atoms with van der Waals surface area (Å²) in [6.07, 6.45) is 8.25. The lowest BCUT2D eigenvalue weighted by Crippen LogP contribution is -2.19. The summed E-state index contributed by atoms with van der Waals surface area (Å²) in [4.78, 5) is 0.